The molecule has 112 valence electrons. The summed E-state index contributed by atoms with van der Waals surface area (Å²) in [6.45, 7) is 4.20. The molecule has 0 radical (unpaired) electrons. The highest BCUT2D eigenvalue weighted by Crippen LogP contribution is 2.06. The Kier molecular flexibility index (Phi) is 10.1. The molecule has 2 atom stereocenters. The van der Waals surface area contributed by atoms with Crippen LogP contribution in [0.15, 0.2) is 0 Å². The van der Waals surface area contributed by atoms with Crippen LogP contribution < -0.4 is 0 Å². The second-order valence-electron chi connectivity index (χ2n) is 4.20. The van der Waals surface area contributed by atoms with Crippen molar-refractivity contribution < 1.29 is 28.5 Å². The van der Waals surface area contributed by atoms with E-state index in [0.717, 1.165) is 12.8 Å². The molecule has 0 saturated carbocycles. The number of ether oxygens (including phenoxy) is 4. The summed E-state index contributed by atoms with van der Waals surface area (Å²) >= 11 is 0. The molecular formula is C13H24O6. The van der Waals surface area contributed by atoms with Crippen molar-refractivity contribution in [3.63, 3.8) is 0 Å². The Bertz CT molecular complexity index is 266. The molecule has 0 N–H and O–H groups in total. The van der Waals surface area contributed by atoms with E-state index in [-0.39, 0.29) is 6.10 Å². The predicted molar refractivity (Wildman–Crippen MR) is 68.5 cm³/mol. The lowest BCUT2D eigenvalue weighted by molar-refractivity contribution is -0.179. The van der Waals surface area contributed by atoms with Gasteiger partial charge in [0.1, 0.15) is 6.42 Å². The van der Waals surface area contributed by atoms with Gasteiger partial charge in [-0.05, 0) is 13.3 Å². The van der Waals surface area contributed by atoms with Gasteiger partial charge in [-0.3, -0.25) is 9.59 Å². The Morgan fingerprint density at radius 2 is 1.68 bits per heavy atom. The van der Waals surface area contributed by atoms with Crippen molar-refractivity contribution in [1.29, 1.82) is 0 Å². The Morgan fingerprint density at radius 3 is 2.21 bits per heavy atom. The number of carbonyl (C=O) groups is 2. The maximum absolute atomic E-state index is 11.5. The van der Waals surface area contributed by atoms with E-state index >= 15 is 0 Å². The molecular weight excluding hydrogens is 252 g/mol. The predicted octanol–water partition coefficient (Wildman–Crippen LogP) is 1.66. The van der Waals surface area contributed by atoms with Crippen LogP contribution in [0, 0.1) is 0 Å². The molecule has 0 fully saturated rings. The van der Waals surface area contributed by atoms with E-state index in [4.69, 9.17) is 18.9 Å². The smallest absolute Gasteiger partial charge is 0.319 e. The van der Waals surface area contributed by atoms with Crippen LogP contribution in [0.4, 0.5) is 0 Å². The second kappa shape index (κ2) is 10.8. The summed E-state index contributed by atoms with van der Waals surface area (Å²) in [4.78, 5) is 22.9. The molecule has 0 bridgehead atoms. The van der Waals surface area contributed by atoms with Crippen molar-refractivity contribution in [3.8, 4) is 0 Å². The Morgan fingerprint density at radius 1 is 1.05 bits per heavy atom. The third-order valence-electron chi connectivity index (χ3n) is 2.40. The van der Waals surface area contributed by atoms with Crippen molar-refractivity contribution in [2.45, 2.75) is 51.9 Å². The van der Waals surface area contributed by atoms with Gasteiger partial charge in [0.05, 0.1) is 12.7 Å². The van der Waals surface area contributed by atoms with Crippen molar-refractivity contribution in [1.82, 2.24) is 0 Å². The fourth-order valence-corrected chi connectivity index (χ4v) is 1.48. The van der Waals surface area contributed by atoms with E-state index < -0.39 is 24.6 Å². The molecule has 0 heterocycles. The summed E-state index contributed by atoms with van der Waals surface area (Å²) in [6, 6.07) is 0. The van der Waals surface area contributed by atoms with Gasteiger partial charge in [-0.1, -0.05) is 13.3 Å². The summed E-state index contributed by atoms with van der Waals surface area (Å²) < 4.78 is 19.8. The average molecular weight is 276 g/mol. The lowest BCUT2D eigenvalue weighted by Gasteiger charge is -2.16. The molecule has 6 heteroatoms. The minimum atomic E-state index is -0.701. The van der Waals surface area contributed by atoms with E-state index in [1.807, 2.05) is 6.92 Å². The molecule has 0 aliphatic rings. The summed E-state index contributed by atoms with van der Waals surface area (Å²) in [5.74, 6) is -1.23. The quantitative estimate of drug-likeness (QED) is 0.343. The van der Waals surface area contributed by atoms with Crippen LogP contribution in [0.25, 0.3) is 0 Å². The zero-order valence-electron chi connectivity index (χ0n) is 12.1. The lowest BCUT2D eigenvalue weighted by atomic mass is 10.2. The van der Waals surface area contributed by atoms with Gasteiger partial charge < -0.3 is 18.9 Å². The maximum Gasteiger partial charge on any atom is 0.319 e. The third-order valence-corrected chi connectivity index (χ3v) is 2.40. The van der Waals surface area contributed by atoms with Crippen molar-refractivity contribution in [2.75, 3.05) is 20.8 Å². The van der Waals surface area contributed by atoms with Gasteiger partial charge in [0.25, 0.3) is 0 Å². The highest BCUT2D eigenvalue weighted by molar-refractivity contribution is 5.91. The van der Waals surface area contributed by atoms with Gasteiger partial charge in [-0.15, -0.1) is 0 Å². The molecule has 0 spiro atoms. The minimum absolute atomic E-state index is 0.183. The van der Waals surface area contributed by atoms with E-state index in [2.05, 4.69) is 0 Å². The molecule has 0 aliphatic carbocycles. The molecule has 0 rings (SSSR count). The average Bonchev–Trinajstić information content (AvgIpc) is 2.34. The Hall–Kier alpha value is -1.14. The SMILES string of the molecule is CCCC(C)OC(=O)CC(=O)OC(CCOC)OC. The first-order valence-electron chi connectivity index (χ1n) is 6.44. The van der Waals surface area contributed by atoms with Crippen molar-refractivity contribution in [3.05, 3.63) is 0 Å². The largest absolute Gasteiger partial charge is 0.462 e. The van der Waals surface area contributed by atoms with E-state index in [0.29, 0.717) is 13.0 Å². The van der Waals surface area contributed by atoms with Crippen LogP contribution in [-0.4, -0.2) is 45.2 Å². The molecule has 0 amide bonds. The summed E-state index contributed by atoms with van der Waals surface area (Å²) in [5.41, 5.74) is 0. The fourth-order valence-electron chi connectivity index (χ4n) is 1.48. The first-order chi connectivity index (χ1) is 9.03. The van der Waals surface area contributed by atoms with E-state index in [1.54, 1.807) is 14.0 Å². The van der Waals surface area contributed by atoms with Crippen LogP contribution >= 0.6 is 0 Å². The molecule has 0 aliphatic heterocycles. The first-order valence-corrected chi connectivity index (χ1v) is 6.44. The maximum atomic E-state index is 11.5. The number of rotatable bonds is 10. The van der Waals surface area contributed by atoms with Crippen LogP contribution in [-0.2, 0) is 28.5 Å². The minimum Gasteiger partial charge on any atom is -0.462 e. The van der Waals surface area contributed by atoms with Gasteiger partial charge in [0, 0.05) is 20.6 Å². The topological polar surface area (TPSA) is 71.1 Å². The van der Waals surface area contributed by atoms with Crippen molar-refractivity contribution in [2.24, 2.45) is 0 Å². The van der Waals surface area contributed by atoms with Crippen LogP contribution in [0.3, 0.4) is 0 Å². The van der Waals surface area contributed by atoms with Crippen LogP contribution in [0.5, 0.6) is 0 Å². The molecule has 2 unspecified atom stereocenters. The second-order valence-corrected chi connectivity index (χ2v) is 4.20. The Labute approximate surface area is 114 Å². The molecule has 6 nitrogen and oxygen atoms in total. The van der Waals surface area contributed by atoms with Crippen LogP contribution in [0.2, 0.25) is 0 Å². The number of hydrogen-bond donors (Lipinski definition) is 0. The van der Waals surface area contributed by atoms with Gasteiger partial charge in [-0.2, -0.15) is 0 Å². The van der Waals surface area contributed by atoms with E-state index in [9.17, 15) is 9.59 Å². The van der Waals surface area contributed by atoms with Crippen molar-refractivity contribution >= 4 is 11.9 Å². The molecule has 0 aromatic rings. The fraction of sp³-hybridized carbons (Fsp3) is 0.846. The number of esters is 2. The summed E-state index contributed by atoms with van der Waals surface area (Å²) in [6.07, 6.45) is 0.822. The summed E-state index contributed by atoms with van der Waals surface area (Å²) in [7, 11) is 2.97. The standard InChI is InChI=1S/C13H24O6/c1-5-6-10(2)18-11(14)9-12(15)19-13(17-4)7-8-16-3/h10,13H,5-9H2,1-4H3. The zero-order valence-corrected chi connectivity index (χ0v) is 12.1. The van der Waals surface area contributed by atoms with Gasteiger partial charge in [0.15, 0.2) is 0 Å². The molecule has 0 saturated heterocycles. The number of carbonyl (C=O) groups excluding carboxylic acids is 2. The molecule has 19 heavy (non-hydrogen) atoms. The number of methoxy groups -OCH3 is 2. The van der Waals surface area contributed by atoms with Gasteiger partial charge in [0.2, 0.25) is 6.29 Å². The third kappa shape index (κ3) is 9.44. The van der Waals surface area contributed by atoms with E-state index in [1.165, 1.54) is 7.11 Å². The summed E-state index contributed by atoms with van der Waals surface area (Å²) in [5, 5.41) is 0. The molecule has 0 aromatic heterocycles. The Balaban J connectivity index is 3.97. The normalized spacial score (nSPS) is 13.7. The monoisotopic (exact) mass is 276 g/mol. The van der Waals surface area contributed by atoms with Crippen LogP contribution in [0.1, 0.15) is 39.5 Å². The number of hydrogen-bond acceptors (Lipinski definition) is 6. The molecule has 0 aromatic carbocycles. The van der Waals surface area contributed by atoms with Gasteiger partial charge in [-0.25, -0.2) is 0 Å². The van der Waals surface area contributed by atoms with Gasteiger partial charge >= 0.3 is 11.9 Å². The highest BCUT2D eigenvalue weighted by Gasteiger charge is 2.18. The zero-order chi connectivity index (χ0) is 14.7. The lowest BCUT2D eigenvalue weighted by Crippen LogP contribution is -2.25. The highest BCUT2D eigenvalue weighted by atomic mass is 16.7. The first kappa shape index (κ1) is 17.9.